The molecule has 5 heteroatoms. The van der Waals surface area contributed by atoms with Crippen molar-refractivity contribution >= 4 is 23.5 Å². The summed E-state index contributed by atoms with van der Waals surface area (Å²) in [5.41, 5.74) is 1.57. The fourth-order valence-electron chi connectivity index (χ4n) is 2.85. The summed E-state index contributed by atoms with van der Waals surface area (Å²) in [4.78, 5) is 18.8. The number of rotatable bonds is 6. The van der Waals surface area contributed by atoms with Crippen molar-refractivity contribution in [1.29, 1.82) is 0 Å². The van der Waals surface area contributed by atoms with E-state index in [2.05, 4.69) is 15.2 Å². The Balaban J connectivity index is 1.60. The van der Waals surface area contributed by atoms with E-state index in [1.165, 1.54) is 18.9 Å². The topological polar surface area (TPSA) is 54.5 Å². The number of carbonyl (C=O) groups excluding carboxylic acids is 1. The van der Waals surface area contributed by atoms with Gasteiger partial charge in [-0.1, -0.05) is 18.2 Å². The summed E-state index contributed by atoms with van der Waals surface area (Å²) < 4.78 is 5.55. The first-order valence-electron chi connectivity index (χ1n) is 8.68. The first-order chi connectivity index (χ1) is 12.3. The Labute approximate surface area is 148 Å². The molecule has 5 nitrogen and oxygen atoms in total. The Morgan fingerprint density at radius 2 is 2.04 bits per heavy atom. The van der Waals surface area contributed by atoms with E-state index in [0.717, 1.165) is 30.2 Å². The Morgan fingerprint density at radius 3 is 2.76 bits per heavy atom. The summed E-state index contributed by atoms with van der Waals surface area (Å²) in [6, 6.07) is 11.5. The minimum Gasteiger partial charge on any atom is -0.493 e. The quantitative estimate of drug-likeness (QED) is 0.816. The zero-order valence-corrected chi connectivity index (χ0v) is 14.4. The van der Waals surface area contributed by atoms with Crippen molar-refractivity contribution in [2.75, 3.05) is 29.9 Å². The van der Waals surface area contributed by atoms with Crippen molar-refractivity contribution in [2.45, 2.75) is 19.8 Å². The molecule has 0 bridgehead atoms. The molecule has 1 N–H and O–H groups in total. The van der Waals surface area contributed by atoms with Gasteiger partial charge in [0, 0.05) is 24.7 Å². The van der Waals surface area contributed by atoms with Crippen molar-refractivity contribution in [1.82, 2.24) is 4.98 Å². The van der Waals surface area contributed by atoms with Crippen LogP contribution in [0.2, 0.25) is 0 Å². The van der Waals surface area contributed by atoms with E-state index in [4.69, 9.17) is 4.74 Å². The fourth-order valence-corrected chi connectivity index (χ4v) is 2.85. The van der Waals surface area contributed by atoms with Gasteiger partial charge >= 0.3 is 0 Å². The van der Waals surface area contributed by atoms with Gasteiger partial charge in [0.1, 0.15) is 11.6 Å². The molecule has 0 spiro atoms. The normalized spacial score (nSPS) is 14.0. The molecule has 1 aromatic heterocycles. The largest absolute Gasteiger partial charge is 0.493 e. The highest BCUT2D eigenvalue weighted by molar-refractivity contribution is 6.02. The molecule has 0 saturated carbocycles. The van der Waals surface area contributed by atoms with Crippen LogP contribution in [0.5, 0.6) is 5.75 Å². The number of nitrogens with zero attached hydrogens (tertiary/aromatic N) is 2. The third kappa shape index (κ3) is 4.59. The van der Waals surface area contributed by atoms with Crippen molar-refractivity contribution in [2.24, 2.45) is 0 Å². The molecular weight excluding hydrogens is 314 g/mol. The Kier molecular flexibility index (Phi) is 5.67. The Hall–Kier alpha value is -2.82. The predicted molar refractivity (Wildman–Crippen MR) is 101 cm³/mol. The van der Waals surface area contributed by atoms with E-state index in [0.29, 0.717) is 12.3 Å². The molecule has 1 fully saturated rings. The van der Waals surface area contributed by atoms with Gasteiger partial charge in [0.2, 0.25) is 5.91 Å². The predicted octanol–water partition coefficient (Wildman–Crippen LogP) is 3.73. The summed E-state index contributed by atoms with van der Waals surface area (Å²) in [5, 5.41) is 2.83. The van der Waals surface area contributed by atoms with Gasteiger partial charge in [0.15, 0.2) is 0 Å². The van der Waals surface area contributed by atoms with Gasteiger partial charge in [-0.15, -0.1) is 0 Å². The van der Waals surface area contributed by atoms with Crippen LogP contribution in [0.3, 0.4) is 0 Å². The van der Waals surface area contributed by atoms with Gasteiger partial charge in [0.05, 0.1) is 18.5 Å². The second kappa shape index (κ2) is 8.33. The maximum atomic E-state index is 12.1. The van der Waals surface area contributed by atoms with Crippen LogP contribution >= 0.6 is 0 Å². The summed E-state index contributed by atoms with van der Waals surface area (Å²) in [6.45, 7) is 4.64. The number of hydrogen-bond donors (Lipinski definition) is 1. The third-order valence-electron chi connectivity index (χ3n) is 4.08. The number of nitrogens with one attached hydrogen (secondary N) is 1. The number of aromatic nitrogens is 1. The summed E-state index contributed by atoms with van der Waals surface area (Å²) >= 11 is 0. The van der Waals surface area contributed by atoms with Crippen LogP contribution in [0.4, 0.5) is 11.5 Å². The molecule has 1 aromatic carbocycles. The summed E-state index contributed by atoms with van der Waals surface area (Å²) in [7, 11) is 0. The van der Waals surface area contributed by atoms with Gasteiger partial charge < -0.3 is 15.0 Å². The number of para-hydroxylation sites is 1. The minimum atomic E-state index is -0.193. The van der Waals surface area contributed by atoms with E-state index in [9.17, 15) is 4.79 Å². The van der Waals surface area contributed by atoms with Gasteiger partial charge in [0.25, 0.3) is 0 Å². The maximum absolute atomic E-state index is 12.1. The van der Waals surface area contributed by atoms with Gasteiger partial charge in [-0.3, -0.25) is 4.79 Å². The highest BCUT2D eigenvalue weighted by Crippen LogP contribution is 2.20. The molecule has 25 heavy (non-hydrogen) atoms. The van der Waals surface area contributed by atoms with Crippen LogP contribution in [0, 0.1) is 0 Å². The highest BCUT2D eigenvalue weighted by Gasteiger charge is 2.13. The monoisotopic (exact) mass is 337 g/mol. The number of hydrogen-bond acceptors (Lipinski definition) is 4. The van der Waals surface area contributed by atoms with Crippen LogP contribution in [0.15, 0.2) is 48.7 Å². The van der Waals surface area contributed by atoms with Crippen LogP contribution in [-0.2, 0) is 4.79 Å². The smallest absolute Gasteiger partial charge is 0.248 e. The molecule has 3 rings (SSSR count). The minimum absolute atomic E-state index is 0.193. The number of anilines is 2. The number of amides is 1. The standard InChI is InChI=1S/C20H23N3O2/c1-2-25-18-8-4-3-7-16(18)9-12-20(24)22-17-10-11-19(21-15-17)23-13-5-6-14-23/h3-4,7-12,15H,2,5-6,13-14H2,1H3,(H,22,24)/b12-9+. The molecule has 1 aliphatic rings. The average Bonchev–Trinajstić information content (AvgIpc) is 3.17. The SMILES string of the molecule is CCOc1ccccc1/C=C/C(=O)Nc1ccc(N2CCCC2)nc1. The van der Waals surface area contributed by atoms with Crippen molar-refractivity contribution < 1.29 is 9.53 Å². The number of pyridine rings is 1. The highest BCUT2D eigenvalue weighted by atomic mass is 16.5. The zero-order valence-electron chi connectivity index (χ0n) is 14.4. The van der Waals surface area contributed by atoms with Gasteiger partial charge in [-0.2, -0.15) is 0 Å². The first-order valence-corrected chi connectivity index (χ1v) is 8.68. The third-order valence-corrected chi connectivity index (χ3v) is 4.08. The number of carbonyl (C=O) groups is 1. The van der Waals surface area contributed by atoms with E-state index < -0.39 is 0 Å². The van der Waals surface area contributed by atoms with Crippen LogP contribution in [-0.4, -0.2) is 30.6 Å². The van der Waals surface area contributed by atoms with Crippen LogP contribution < -0.4 is 15.0 Å². The molecular formula is C20H23N3O2. The number of benzene rings is 1. The lowest BCUT2D eigenvalue weighted by Crippen LogP contribution is -2.18. The summed E-state index contributed by atoms with van der Waals surface area (Å²) in [6.07, 6.45) is 7.40. The lowest BCUT2D eigenvalue weighted by Gasteiger charge is -2.16. The second-order valence-electron chi connectivity index (χ2n) is 5.89. The molecule has 1 saturated heterocycles. The van der Waals surface area contributed by atoms with Crippen molar-refractivity contribution in [3.63, 3.8) is 0 Å². The van der Waals surface area contributed by atoms with E-state index >= 15 is 0 Å². The van der Waals surface area contributed by atoms with E-state index in [1.807, 2.05) is 43.3 Å². The fraction of sp³-hybridized carbons (Fsp3) is 0.300. The molecule has 1 aliphatic heterocycles. The molecule has 0 atom stereocenters. The maximum Gasteiger partial charge on any atom is 0.248 e. The van der Waals surface area contributed by atoms with Gasteiger partial charge in [-0.05, 0) is 44.0 Å². The first kappa shape index (κ1) is 17.0. The van der Waals surface area contributed by atoms with Gasteiger partial charge in [-0.25, -0.2) is 4.98 Å². The molecule has 2 heterocycles. The van der Waals surface area contributed by atoms with E-state index in [1.54, 1.807) is 12.3 Å². The lowest BCUT2D eigenvalue weighted by atomic mass is 10.2. The van der Waals surface area contributed by atoms with Crippen molar-refractivity contribution in [3.8, 4) is 5.75 Å². The number of ether oxygens (including phenoxy) is 1. The van der Waals surface area contributed by atoms with Crippen LogP contribution in [0.25, 0.3) is 6.08 Å². The molecule has 2 aromatic rings. The zero-order chi connectivity index (χ0) is 17.5. The molecule has 0 unspecified atom stereocenters. The van der Waals surface area contributed by atoms with Crippen LogP contribution in [0.1, 0.15) is 25.3 Å². The second-order valence-corrected chi connectivity index (χ2v) is 5.89. The molecule has 130 valence electrons. The Morgan fingerprint density at radius 1 is 1.24 bits per heavy atom. The average molecular weight is 337 g/mol. The molecule has 1 amide bonds. The summed E-state index contributed by atoms with van der Waals surface area (Å²) in [5.74, 6) is 1.55. The Bertz CT molecular complexity index is 735. The van der Waals surface area contributed by atoms with Crippen molar-refractivity contribution in [3.05, 3.63) is 54.2 Å². The van der Waals surface area contributed by atoms with E-state index in [-0.39, 0.29) is 5.91 Å². The molecule has 0 radical (unpaired) electrons. The molecule has 0 aliphatic carbocycles. The lowest BCUT2D eigenvalue weighted by molar-refractivity contribution is -0.111.